The first-order chi connectivity index (χ1) is 17.1. The summed E-state index contributed by atoms with van der Waals surface area (Å²) in [5, 5.41) is 8.32. The van der Waals surface area contributed by atoms with Crippen LogP contribution in [0.4, 0.5) is 5.69 Å². The van der Waals surface area contributed by atoms with E-state index in [4.69, 9.17) is 9.72 Å². The van der Waals surface area contributed by atoms with Gasteiger partial charge in [-0.1, -0.05) is 6.07 Å². The molecule has 1 unspecified atom stereocenters. The van der Waals surface area contributed by atoms with Gasteiger partial charge in [-0.2, -0.15) is 5.10 Å². The largest absolute Gasteiger partial charge is 0.497 e. The predicted molar refractivity (Wildman–Crippen MR) is 140 cm³/mol. The van der Waals surface area contributed by atoms with Gasteiger partial charge in [-0.05, 0) is 80.8 Å². The van der Waals surface area contributed by atoms with E-state index in [-0.39, 0.29) is 23.5 Å². The van der Waals surface area contributed by atoms with Crippen molar-refractivity contribution < 1.29 is 17.9 Å². The van der Waals surface area contributed by atoms with Crippen LogP contribution in [0.25, 0.3) is 22.3 Å². The van der Waals surface area contributed by atoms with Gasteiger partial charge in [0, 0.05) is 11.3 Å². The number of methoxy groups -OCH3 is 1. The first-order valence-corrected chi connectivity index (χ1v) is 13.6. The molecule has 36 heavy (non-hydrogen) atoms. The van der Waals surface area contributed by atoms with Crippen LogP contribution in [0.15, 0.2) is 48.5 Å². The van der Waals surface area contributed by atoms with E-state index >= 15 is 0 Å². The Morgan fingerprint density at radius 3 is 2.36 bits per heavy atom. The molecule has 3 heterocycles. The van der Waals surface area contributed by atoms with Crippen molar-refractivity contribution in [1.29, 1.82) is 0 Å². The second-order valence-corrected chi connectivity index (χ2v) is 11.6. The summed E-state index contributed by atoms with van der Waals surface area (Å²) >= 11 is 0. The fourth-order valence-electron chi connectivity index (χ4n) is 4.87. The monoisotopic (exact) mass is 504 g/mol. The third kappa shape index (κ3) is 4.58. The fraction of sp³-hybridized carbons (Fsp3) is 0.296. The Labute approximate surface area is 210 Å². The Bertz CT molecular complexity index is 1570. The first kappa shape index (κ1) is 24.0. The predicted octanol–water partition coefficient (Wildman–Crippen LogP) is 4.64. The highest BCUT2D eigenvalue weighted by atomic mass is 32.2. The van der Waals surface area contributed by atoms with Gasteiger partial charge in [0.15, 0.2) is 15.5 Å². The summed E-state index contributed by atoms with van der Waals surface area (Å²) in [6.45, 7) is 5.79. The minimum Gasteiger partial charge on any atom is -0.497 e. The van der Waals surface area contributed by atoms with Crippen molar-refractivity contribution in [2.45, 2.75) is 33.2 Å². The summed E-state index contributed by atoms with van der Waals surface area (Å²) in [5.74, 6) is 0.575. The molecule has 0 saturated carbocycles. The molecular formula is C27H28N4O4S. The quantitative estimate of drug-likeness (QED) is 0.425. The van der Waals surface area contributed by atoms with Crippen molar-refractivity contribution in [2.24, 2.45) is 0 Å². The standard InChI is InChI=1S/C27H28N4O4S/c1-16-11-17(2)13-20(12-16)28-27(32)23-14-24(19-5-7-22(35-4)8-6-19)29-26-25(23)18(3)30-31(26)21-9-10-36(33,34)15-21/h5-8,11-14,21H,9-10,15H2,1-4H3,(H,28,32). The SMILES string of the molecule is COc1ccc(-c2cc(C(=O)Nc3cc(C)cc(C)c3)c3c(C)nn(C4CCS(=O)(=O)C4)c3n2)cc1. The summed E-state index contributed by atoms with van der Waals surface area (Å²) < 4.78 is 31.4. The lowest BCUT2D eigenvalue weighted by atomic mass is 10.0. The van der Waals surface area contributed by atoms with Crippen molar-refractivity contribution >= 4 is 32.5 Å². The summed E-state index contributed by atoms with van der Waals surface area (Å²) in [6, 6.07) is 14.8. The van der Waals surface area contributed by atoms with Crippen molar-refractivity contribution in [3.63, 3.8) is 0 Å². The molecule has 186 valence electrons. The number of ether oxygens (including phenoxy) is 1. The van der Waals surface area contributed by atoms with Gasteiger partial charge in [0.1, 0.15) is 5.75 Å². The lowest BCUT2D eigenvalue weighted by Crippen LogP contribution is -2.15. The van der Waals surface area contributed by atoms with E-state index in [0.29, 0.717) is 45.8 Å². The number of hydrogen-bond donors (Lipinski definition) is 1. The summed E-state index contributed by atoms with van der Waals surface area (Å²) in [6.07, 6.45) is 0.469. The van der Waals surface area contributed by atoms with Gasteiger partial charge in [-0.3, -0.25) is 4.79 Å². The molecule has 2 aromatic heterocycles. The second kappa shape index (κ2) is 9.05. The van der Waals surface area contributed by atoms with Gasteiger partial charge in [-0.25, -0.2) is 18.1 Å². The molecule has 2 aromatic carbocycles. The lowest BCUT2D eigenvalue weighted by molar-refractivity contribution is 0.102. The number of aromatic nitrogens is 3. The Hall–Kier alpha value is -3.72. The normalized spacial score (nSPS) is 16.8. The van der Waals surface area contributed by atoms with E-state index in [9.17, 15) is 13.2 Å². The maximum atomic E-state index is 13.6. The zero-order chi connectivity index (χ0) is 25.6. The Balaban J connectivity index is 1.67. The second-order valence-electron chi connectivity index (χ2n) is 9.40. The highest BCUT2D eigenvalue weighted by molar-refractivity contribution is 7.91. The number of hydrogen-bond acceptors (Lipinski definition) is 6. The van der Waals surface area contributed by atoms with E-state index in [0.717, 1.165) is 16.7 Å². The smallest absolute Gasteiger partial charge is 0.256 e. The fourth-order valence-corrected chi connectivity index (χ4v) is 6.56. The van der Waals surface area contributed by atoms with Crippen LogP contribution in [-0.2, 0) is 9.84 Å². The molecule has 1 amide bonds. The molecule has 1 fully saturated rings. The molecule has 9 heteroatoms. The van der Waals surface area contributed by atoms with Gasteiger partial charge in [0.25, 0.3) is 5.91 Å². The van der Waals surface area contributed by atoms with Gasteiger partial charge in [-0.15, -0.1) is 0 Å². The zero-order valence-electron chi connectivity index (χ0n) is 20.7. The molecule has 1 N–H and O–H groups in total. The number of nitrogens with one attached hydrogen (secondary N) is 1. The van der Waals surface area contributed by atoms with Crippen LogP contribution in [0.1, 0.15) is 39.6 Å². The maximum absolute atomic E-state index is 13.6. The minimum absolute atomic E-state index is 0.0156. The molecule has 8 nitrogen and oxygen atoms in total. The molecule has 1 saturated heterocycles. The number of rotatable bonds is 5. The van der Waals surface area contributed by atoms with Crippen LogP contribution in [0.2, 0.25) is 0 Å². The Kier molecular flexibility index (Phi) is 6.04. The number of carbonyl (C=O) groups excluding carboxylic acids is 1. The van der Waals surface area contributed by atoms with Gasteiger partial charge >= 0.3 is 0 Å². The van der Waals surface area contributed by atoms with Crippen LogP contribution >= 0.6 is 0 Å². The highest BCUT2D eigenvalue weighted by Gasteiger charge is 2.32. The maximum Gasteiger partial charge on any atom is 0.256 e. The topological polar surface area (TPSA) is 103 Å². The van der Waals surface area contributed by atoms with Gasteiger partial charge in [0.05, 0.1) is 47.0 Å². The van der Waals surface area contributed by atoms with E-state index in [1.54, 1.807) is 17.9 Å². The van der Waals surface area contributed by atoms with Crippen LogP contribution in [0, 0.1) is 20.8 Å². The summed E-state index contributed by atoms with van der Waals surface area (Å²) in [4.78, 5) is 18.5. The number of fused-ring (bicyclic) bond motifs is 1. The molecule has 4 aromatic rings. The van der Waals surface area contributed by atoms with Crippen LogP contribution in [0.3, 0.4) is 0 Å². The summed E-state index contributed by atoms with van der Waals surface area (Å²) in [5.41, 5.74) is 5.79. The van der Waals surface area contributed by atoms with Crippen molar-refractivity contribution in [1.82, 2.24) is 14.8 Å². The number of amides is 1. The number of benzene rings is 2. The Morgan fingerprint density at radius 1 is 1.06 bits per heavy atom. The molecular weight excluding hydrogens is 476 g/mol. The number of aryl methyl sites for hydroxylation is 3. The van der Waals surface area contributed by atoms with Crippen molar-refractivity contribution in [2.75, 3.05) is 23.9 Å². The molecule has 1 aliphatic rings. The average molecular weight is 505 g/mol. The van der Waals surface area contributed by atoms with Crippen LogP contribution in [-0.4, -0.2) is 47.7 Å². The van der Waals surface area contributed by atoms with Gasteiger partial charge in [0.2, 0.25) is 0 Å². The zero-order valence-corrected chi connectivity index (χ0v) is 21.5. The first-order valence-electron chi connectivity index (χ1n) is 11.8. The van der Waals surface area contributed by atoms with E-state index in [1.165, 1.54) is 0 Å². The molecule has 0 bridgehead atoms. The summed E-state index contributed by atoms with van der Waals surface area (Å²) in [7, 11) is -1.53. The van der Waals surface area contributed by atoms with Crippen molar-refractivity contribution in [3.05, 3.63) is 70.9 Å². The van der Waals surface area contributed by atoms with E-state index in [1.807, 2.05) is 63.2 Å². The van der Waals surface area contributed by atoms with E-state index < -0.39 is 9.84 Å². The molecule has 0 aliphatic carbocycles. The third-order valence-corrected chi connectivity index (χ3v) is 8.25. The highest BCUT2D eigenvalue weighted by Crippen LogP contribution is 2.33. The average Bonchev–Trinajstić information content (AvgIpc) is 3.36. The van der Waals surface area contributed by atoms with Crippen LogP contribution < -0.4 is 10.1 Å². The van der Waals surface area contributed by atoms with Crippen LogP contribution in [0.5, 0.6) is 5.75 Å². The number of nitrogens with zero attached hydrogens (tertiary/aromatic N) is 3. The minimum atomic E-state index is -3.13. The number of pyridine rings is 1. The molecule has 1 atom stereocenters. The molecule has 0 spiro atoms. The van der Waals surface area contributed by atoms with Gasteiger partial charge < -0.3 is 10.1 Å². The van der Waals surface area contributed by atoms with E-state index in [2.05, 4.69) is 10.4 Å². The number of carbonyl (C=O) groups is 1. The third-order valence-electron chi connectivity index (χ3n) is 6.50. The molecule has 1 aliphatic heterocycles. The molecule has 5 rings (SSSR count). The van der Waals surface area contributed by atoms with Crippen molar-refractivity contribution in [3.8, 4) is 17.0 Å². The Morgan fingerprint density at radius 2 is 1.75 bits per heavy atom. The lowest BCUT2D eigenvalue weighted by Gasteiger charge is -2.13. The number of anilines is 1. The number of sulfone groups is 1. The molecule has 0 radical (unpaired) electrons.